The minimum atomic E-state index is -0.289. The van der Waals surface area contributed by atoms with Gasteiger partial charge in [-0.25, -0.2) is 4.79 Å². The monoisotopic (exact) mass is 284 g/mol. The minimum Gasteiger partial charge on any atom is -0.462 e. The second-order valence-corrected chi connectivity index (χ2v) is 5.80. The fourth-order valence-corrected chi connectivity index (χ4v) is 2.81. The number of hydrogen-bond donors (Lipinski definition) is 1. The Morgan fingerprint density at radius 3 is 2.81 bits per heavy atom. The summed E-state index contributed by atoms with van der Waals surface area (Å²) in [5.41, 5.74) is 7.28. The van der Waals surface area contributed by atoms with Gasteiger partial charge in [-0.15, -0.1) is 0 Å². The van der Waals surface area contributed by atoms with Crippen molar-refractivity contribution < 1.29 is 9.53 Å². The van der Waals surface area contributed by atoms with E-state index < -0.39 is 0 Å². The normalized spacial score (nSPS) is 22.1. The maximum absolute atomic E-state index is 12.1. The average Bonchev–Trinajstić information content (AvgIpc) is 2.53. The number of para-hydroxylation sites is 1. The van der Waals surface area contributed by atoms with Crippen LogP contribution >= 0.6 is 0 Å². The van der Waals surface area contributed by atoms with Crippen LogP contribution in [0.4, 0.5) is 0 Å². The number of benzene rings is 1. The van der Waals surface area contributed by atoms with Crippen molar-refractivity contribution in [2.24, 2.45) is 11.7 Å². The molecule has 0 unspecified atom stereocenters. The number of rotatable bonds is 3. The van der Waals surface area contributed by atoms with E-state index in [2.05, 4.69) is 4.98 Å². The van der Waals surface area contributed by atoms with Gasteiger partial charge in [-0.1, -0.05) is 18.2 Å². The van der Waals surface area contributed by atoms with Gasteiger partial charge in [0.1, 0.15) is 0 Å². The van der Waals surface area contributed by atoms with Crippen molar-refractivity contribution in [1.82, 2.24) is 4.98 Å². The number of ether oxygens (including phenoxy) is 1. The van der Waals surface area contributed by atoms with Crippen LogP contribution in [0.15, 0.2) is 36.5 Å². The zero-order chi connectivity index (χ0) is 14.7. The van der Waals surface area contributed by atoms with E-state index in [0.717, 1.165) is 36.6 Å². The van der Waals surface area contributed by atoms with Crippen molar-refractivity contribution in [3.63, 3.8) is 0 Å². The Morgan fingerprint density at radius 2 is 2.00 bits per heavy atom. The second kappa shape index (κ2) is 6.22. The topological polar surface area (TPSA) is 65.2 Å². The summed E-state index contributed by atoms with van der Waals surface area (Å²) in [6.45, 7) is 0.485. The number of esters is 1. The van der Waals surface area contributed by atoms with E-state index >= 15 is 0 Å². The average molecular weight is 284 g/mol. The molecular weight excluding hydrogens is 264 g/mol. The lowest BCUT2D eigenvalue weighted by Crippen LogP contribution is -2.28. The maximum atomic E-state index is 12.1. The molecule has 0 aliphatic heterocycles. The van der Waals surface area contributed by atoms with Gasteiger partial charge in [0.25, 0.3) is 0 Å². The van der Waals surface area contributed by atoms with Crippen molar-refractivity contribution in [3.05, 3.63) is 42.1 Å². The highest BCUT2D eigenvalue weighted by atomic mass is 16.5. The second-order valence-electron chi connectivity index (χ2n) is 5.80. The van der Waals surface area contributed by atoms with Crippen LogP contribution in [0, 0.1) is 5.92 Å². The number of carbonyl (C=O) groups is 1. The predicted molar refractivity (Wildman–Crippen MR) is 82.0 cm³/mol. The molecule has 1 saturated carbocycles. The Hall–Kier alpha value is -1.94. The first-order valence-electron chi connectivity index (χ1n) is 7.50. The first-order chi connectivity index (χ1) is 10.2. The van der Waals surface area contributed by atoms with Gasteiger partial charge in [-0.3, -0.25) is 4.98 Å². The first-order valence-corrected chi connectivity index (χ1v) is 7.50. The number of fused-ring (bicyclic) bond motifs is 1. The van der Waals surface area contributed by atoms with Crippen molar-refractivity contribution in [2.75, 3.05) is 6.61 Å². The molecule has 1 heterocycles. The fraction of sp³-hybridized carbons (Fsp3) is 0.412. The van der Waals surface area contributed by atoms with Crippen LogP contribution in [0.3, 0.4) is 0 Å². The lowest BCUT2D eigenvalue weighted by Gasteiger charge is -2.25. The van der Waals surface area contributed by atoms with Gasteiger partial charge in [0.15, 0.2) is 0 Å². The lowest BCUT2D eigenvalue weighted by molar-refractivity contribution is 0.0406. The third-order valence-electron chi connectivity index (χ3n) is 4.17. The Kier molecular flexibility index (Phi) is 4.15. The molecule has 1 aromatic heterocycles. The molecule has 1 aliphatic rings. The quantitative estimate of drug-likeness (QED) is 0.880. The van der Waals surface area contributed by atoms with Gasteiger partial charge >= 0.3 is 5.97 Å². The zero-order valence-corrected chi connectivity index (χ0v) is 12.0. The molecule has 2 N–H and O–H groups in total. The molecule has 0 amide bonds. The van der Waals surface area contributed by atoms with Gasteiger partial charge in [0, 0.05) is 17.6 Å². The van der Waals surface area contributed by atoms with E-state index in [1.54, 1.807) is 6.20 Å². The van der Waals surface area contributed by atoms with Gasteiger partial charge in [0.2, 0.25) is 0 Å². The van der Waals surface area contributed by atoms with Crippen LogP contribution < -0.4 is 5.73 Å². The maximum Gasteiger partial charge on any atom is 0.339 e. The SMILES string of the molecule is NC1CCC(COC(=O)c2cnc3ccccc3c2)CC1. The molecule has 4 heteroatoms. The largest absolute Gasteiger partial charge is 0.462 e. The van der Waals surface area contributed by atoms with Crippen LogP contribution in [0.5, 0.6) is 0 Å². The minimum absolute atomic E-state index is 0.289. The van der Waals surface area contributed by atoms with Crippen LogP contribution in [0.1, 0.15) is 36.0 Å². The van der Waals surface area contributed by atoms with E-state index in [9.17, 15) is 4.79 Å². The van der Waals surface area contributed by atoms with Crippen LogP contribution in [0.2, 0.25) is 0 Å². The van der Waals surface area contributed by atoms with E-state index in [1.807, 2.05) is 30.3 Å². The van der Waals surface area contributed by atoms with Gasteiger partial charge in [0.05, 0.1) is 17.7 Å². The molecule has 110 valence electrons. The Balaban J connectivity index is 1.61. The molecular formula is C17H20N2O2. The molecule has 0 spiro atoms. The highest BCUT2D eigenvalue weighted by molar-refractivity contribution is 5.93. The third kappa shape index (κ3) is 3.39. The van der Waals surface area contributed by atoms with E-state index in [0.29, 0.717) is 24.1 Å². The van der Waals surface area contributed by atoms with Gasteiger partial charge < -0.3 is 10.5 Å². The summed E-state index contributed by atoms with van der Waals surface area (Å²) in [4.78, 5) is 16.4. The van der Waals surface area contributed by atoms with E-state index in [-0.39, 0.29) is 5.97 Å². The molecule has 3 rings (SSSR count). The van der Waals surface area contributed by atoms with Gasteiger partial charge in [-0.05, 0) is 43.7 Å². The molecule has 0 atom stereocenters. The molecule has 21 heavy (non-hydrogen) atoms. The number of nitrogens with two attached hydrogens (primary N) is 1. The number of pyridine rings is 1. The molecule has 1 aromatic carbocycles. The smallest absolute Gasteiger partial charge is 0.339 e. The van der Waals surface area contributed by atoms with Crippen LogP contribution in [-0.2, 0) is 4.74 Å². The summed E-state index contributed by atoms with van der Waals surface area (Å²) < 4.78 is 5.43. The fourth-order valence-electron chi connectivity index (χ4n) is 2.81. The Bertz CT molecular complexity index is 633. The number of nitrogens with zero attached hydrogens (tertiary/aromatic N) is 1. The van der Waals surface area contributed by atoms with Crippen molar-refractivity contribution >= 4 is 16.9 Å². The third-order valence-corrected chi connectivity index (χ3v) is 4.17. The van der Waals surface area contributed by atoms with E-state index in [4.69, 9.17) is 10.5 Å². The summed E-state index contributed by atoms with van der Waals surface area (Å²) in [6.07, 6.45) is 5.73. The standard InChI is InChI=1S/C17H20N2O2/c18-15-7-5-12(6-8-15)11-21-17(20)14-9-13-3-1-2-4-16(13)19-10-14/h1-4,9-10,12,15H,5-8,11,18H2. The molecule has 0 radical (unpaired) electrons. The first kappa shape index (κ1) is 14.0. The highest BCUT2D eigenvalue weighted by Gasteiger charge is 2.20. The molecule has 0 saturated heterocycles. The van der Waals surface area contributed by atoms with Gasteiger partial charge in [-0.2, -0.15) is 0 Å². The van der Waals surface area contributed by atoms with E-state index in [1.165, 1.54) is 0 Å². The Labute approximate surface area is 124 Å². The molecule has 0 bridgehead atoms. The molecule has 1 aliphatic carbocycles. The number of hydrogen-bond acceptors (Lipinski definition) is 4. The summed E-state index contributed by atoms with van der Waals surface area (Å²) in [5.74, 6) is 0.158. The predicted octanol–water partition coefficient (Wildman–Crippen LogP) is 2.91. The number of carbonyl (C=O) groups excluding carboxylic acids is 1. The summed E-state index contributed by atoms with van der Waals surface area (Å²) >= 11 is 0. The summed E-state index contributed by atoms with van der Waals surface area (Å²) in [7, 11) is 0. The molecule has 4 nitrogen and oxygen atoms in total. The lowest BCUT2D eigenvalue weighted by atomic mass is 9.87. The molecule has 2 aromatic rings. The van der Waals surface area contributed by atoms with Crippen molar-refractivity contribution in [1.29, 1.82) is 0 Å². The van der Waals surface area contributed by atoms with Crippen LogP contribution in [0.25, 0.3) is 10.9 Å². The molecule has 1 fully saturated rings. The highest BCUT2D eigenvalue weighted by Crippen LogP contribution is 2.23. The van der Waals surface area contributed by atoms with Crippen molar-refractivity contribution in [2.45, 2.75) is 31.7 Å². The zero-order valence-electron chi connectivity index (χ0n) is 12.0. The number of aromatic nitrogens is 1. The summed E-state index contributed by atoms with van der Waals surface area (Å²) in [6, 6.07) is 9.89. The van der Waals surface area contributed by atoms with Crippen LogP contribution in [-0.4, -0.2) is 23.6 Å². The summed E-state index contributed by atoms with van der Waals surface area (Å²) in [5, 5.41) is 0.954. The Morgan fingerprint density at radius 1 is 1.24 bits per heavy atom. The van der Waals surface area contributed by atoms with Crippen molar-refractivity contribution in [3.8, 4) is 0 Å².